The van der Waals surface area contributed by atoms with Gasteiger partial charge in [0.15, 0.2) is 0 Å². The molecule has 0 heterocycles. The van der Waals surface area contributed by atoms with Crippen molar-refractivity contribution in [2.24, 2.45) is 0 Å². The van der Waals surface area contributed by atoms with E-state index in [4.69, 9.17) is 0 Å². The fourth-order valence-corrected chi connectivity index (χ4v) is 3.63. The Kier molecular flexibility index (Phi) is 6.42. The van der Waals surface area contributed by atoms with E-state index in [0.717, 1.165) is 22.9 Å². The Morgan fingerprint density at radius 2 is 1.73 bits per heavy atom. The quantitative estimate of drug-likeness (QED) is 0.808. The minimum absolute atomic E-state index is 0.0944. The van der Waals surface area contributed by atoms with Gasteiger partial charge in [0, 0.05) is 13.0 Å². The van der Waals surface area contributed by atoms with Crippen LogP contribution < -0.4 is 9.62 Å². The Labute approximate surface area is 156 Å². The standard InChI is InChI=1S/C20H26N2O3S/c1-15-10-11-19(14-16(15)2)22(26(4,24)25)13-12-20(23)21-17(3)18-8-6-5-7-9-18/h5-11,14,17H,12-13H2,1-4H3,(H,21,23). The largest absolute Gasteiger partial charge is 0.350 e. The Bertz CT molecular complexity index is 864. The van der Waals surface area contributed by atoms with E-state index in [2.05, 4.69) is 5.32 Å². The zero-order valence-electron chi connectivity index (χ0n) is 15.7. The van der Waals surface area contributed by atoms with Crippen LogP contribution in [0.5, 0.6) is 0 Å². The van der Waals surface area contributed by atoms with Gasteiger partial charge in [-0.05, 0) is 49.6 Å². The van der Waals surface area contributed by atoms with Crippen LogP contribution in [0.2, 0.25) is 0 Å². The van der Waals surface area contributed by atoms with Crippen molar-refractivity contribution >= 4 is 21.6 Å². The third kappa shape index (κ3) is 5.33. The van der Waals surface area contributed by atoms with Crippen LogP contribution >= 0.6 is 0 Å². The number of aryl methyl sites for hydroxylation is 2. The molecular weight excluding hydrogens is 348 g/mol. The molecule has 1 N–H and O–H groups in total. The fourth-order valence-electron chi connectivity index (χ4n) is 2.71. The molecule has 0 saturated heterocycles. The summed E-state index contributed by atoms with van der Waals surface area (Å²) in [4.78, 5) is 12.3. The minimum atomic E-state index is -3.47. The lowest BCUT2D eigenvalue weighted by Gasteiger charge is -2.23. The highest BCUT2D eigenvalue weighted by molar-refractivity contribution is 7.92. The Morgan fingerprint density at radius 1 is 1.08 bits per heavy atom. The molecule has 0 aliphatic heterocycles. The number of nitrogens with one attached hydrogen (secondary N) is 1. The van der Waals surface area contributed by atoms with E-state index in [0.29, 0.717) is 5.69 Å². The number of hydrogen-bond acceptors (Lipinski definition) is 3. The van der Waals surface area contributed by atoms with Crippen LogP contribution in [0.1, 0.15) is 36.1 Å². The molecule has 0 fully saturated rings. The molecular formula is C20H26N2O3S. The number of anilines is 1. The van der Waals surface area contributed by atoms with Crippen molar-refractivity contribution in [2.75, 3.05) is 17.1 Å². The molecule has 2 aromatic rings. The van der Waals surface area contributed by atoms with Gasteiger partial charge in [-0.25, -0.2) is 8.42 Å². The van der Waals surface area contributed by atoms with Gasteiger partial charge in [-0.15, -0.1) is 0 Å². The monoisotopic (exact) mass is 374 g/mol. The van der Waals surface area contributed by atoms with E-state index >= 15 is 0 Å². The lowest BCUT2D eigenvalue weighted by molar-refractivity contribution is -0.121. The van der Waals surface area contributed by atoms with Gasteiger partial charge in [-0.1, -0.05) is 36.4 Å². The molecule has 1 atom stereocenters. The molecule has 2 rings (SSSR count). The SMILES string of the molecule is Cc1ccc(N(CCC(=O)NC(C)c2ccccc2)S(C)(=O)=O)cc1C. The summed E-state index contributed by atoms with van der Waals surface area (Å²) in [6, 6.07) is 15.0. The molecule has 5 nitrogen and oxygen atoms in total. The van der Waals surface area contributed by atoms with Crippen molar-refractivity contribution < 1.29 is 13.2 Å². The van der Waals surface area contributed by atoms with E-state index < -0.39 is 10.0 Å². The highest BCUT2D eigenvalue weighted by atomic mass is 32.2. The van der Waals surface area contributed by atoms with Crippen LogP contribution in [-0.2, 0) is 14.8 Å². The molecule has 6 heteroatoms. The van der Waals surface area contributed by atoms with Crippen molar-refractivity contribution in [3.63, 3.8) is 0 Å². The molecule has 0 saturated carbocycles. The Hall–Kier alpha value is -2.34. The molecule has 0 aliphatic carbocycles. The summed E-state index contributed by atoms with van der Waals surface area (Å²) in [5.74, 6) is -0.182. The van der Waals surface area contributed by atoms with E-state index in [1.54, 1.807) is 6.07 Å². The first kappa shape index (κ1) is 20.0. The summed E-state index contributed by atoms with van der Waals surface area (Å²) < 4.78 is 25.6. The van der Waals surface area contributed by atoms with E-state index in [9.17, 15) is 13.2 Å². The van der Waals surface area contributed by atoms with Gasteiger partial charge in [0.2, 0.25) is 15.9 Å². The third-order valence-corrected chi connectivity index (χ3v) is 5.59. The summed E-state index contributed by atoms with van der Waals surface area (Å²) in [6.45, 7) is 5.93. The summed E-state index contributed by atoms with van der Waals surface area (Å²) in [7, 11) is -3.47. The van der Waals surface area contributed by atoms with Gasteiger partial charge in [0.25, 0.3) is 0 Å². The van der Waals surface area contributed by atoms with E-state index in [1.807, 2.05) is 63.2 Å². The average molecular weight is 375 g/mol. The maximum atomic E-state index is 12.3. The number of rotatable bonds is 7. The van der Waals surface area contributed by atoms with Crippen LogP contribution in [0, 0.1) is 13.8 Å². The molecule has 0 bridgehead atoms. The van der Waals surface area contributed by atoms with Crippen LogP contribution in [-0.4, -0.2) is 27.1 Å². The highest BCUT2D eigenvalue weighted by Gasteiger charge is 2.19. The normalized spacial score (nSPS) is 12.5. The lowest BCUT2D eigenvalue weighted by Crippen LogP contribution is -2.35. The summed E-state index contributed by atoms with van der Waals surface area (Å²) in [5, 5.41) is 2.91. The molecule has 0 spiro atoms. The molecule has 1 unspecified atom stereocenters. The number of carbonyl (C=O) groups is 1. The molecule has 140 valence electrons. The number of benzene rings is 2. The maximum absolute atomic E-state index is 12.3. The first-order valence-corrected chi connectivity index (χ1v) is 10.4. The Morgan fingerprint density at radius 3 is 2.31 bits per heavy atom. The van der Waals surface area contributed by atoms with Gasteiger partial charge in [0.05, 0.1) is 18.0 Å². The van der Waals surface area contributed by atoms with E-state index in [1.165, 1.54) is 4.31 Å². The molecule has 26 heavy (non-hydrogen) atoms. The fraction of sp³-hybridized carbons (Fsp3) is 0.350. The lowest BCUT2D eigenvalue weighted by atomic mass is 10.1. The van der Waals surface area contributed by atoms with Gasteiger partial charge in [0.1, 0.15) is 0 Å². The second-order valence-corrected chi connectivity index (χ2v) is 8.46. The van der Waals surface area contributed by atoms with Crippen LogP contribution in [0.3, 0.4) is 0 Å². The summed E-state index contributed by atoms with van der Waals surface area (Å²) in [5.41, 5.74) is 3.70. The number of sulfonamides is 1. The maximum Gasteiger partial charge on any atom is 0.232 e. The molecule has 1 amide bonds. The van der Waals surface area contributed by atoms with Crippen molar-refractivity contribution in [1.29, 1.82) is 0 Å². The number of amides is 1. The van der Waals surface area contributed by atoms with Gasteiger partial charge >= 0.3 is 0 Å². The van der Waals surface area contributed by atoms with Crippen molar-refractivity contribution in [3.05, 3.63) is 65.2 Å². The molecule has 2 aromatic carbocycles. The van der Waals surface area contributed by atoms with Gasteiger partial charge in [-0.3, -0.25) is 9.10 Å². The van der Waals surface area contributed by atoms with Crippen LogP contribution in [0.4, 0.5) is 5.69 Å². The van der Waals surface area contributed by atoms with E-state index in [-0.39, 0.29) is 24.9 Å². The van der Waals surface area contributed by atoms with Crippen LogP contribution in [0.25, 0.3) is 0 Å². The van der Waals surface area contributed by atoms with Crippen LogP contribution in [0.15, 0.2) is 48.5 Å². The number of carbonyl (C=O) groups excluding carboxylic acids is 1. The van der Waals surface area contributed by atoms with Gasteiger partial charge in [-0.2, -0.15) is 0 Å². The summed E-state index contributed by atoms with van der Waals surface area (Å²) >= 11 is 0. The number of hydrogen-bond donors (Lipinski definition) is 1. The van der Waals surface area contributed by atoms with Gasteiger partial charge < -0.3 is 5.32 Å². The smallest absolute Gasteiger partial charge is 0.232 e. The third-order valence-electron chi connectivity index (χ3n) is 4.40. The first-order valence-electron chi connectivity index (χ1n) is 8.58. The average Bonchev–Trinajstić information content (AvgIpc) is 2.57. The molecule has 0 aliphatic rings. The Balaban J connectivity index is 2.05. The molecule has 0 aromatic heterocycles. The summed E-state index contributed by atoms with van der Waals surface area (Å²) in [6.07, 6.45) is 1.25. The molecule has 0 radical (unpaired) electrons. The van der Waals surface area contributed by atoms with Crippen molar-refractivity contribution in [3.8, 4) is 0 Å². The van der Waals surface area contributed by atoms with Crippen molar-refractivity contribution in [2.45, 2.75) is 33.2 Å². The second-order valence-electron chi connectivity index (χ2n) is 6.55. The van der Waals surface area contributed by atoms with Crippen molar-refractivity contribution in [1.82, 2.24) is 5.32 Å². The minimum Gasteiger partial charge on any atom is -0.350 e. The highest BCUT2D eigenvalue weighted by Crippen LogP contribution is 2.21. The topological polar surface area (TPSA) is 66.5 Å². The second kappa shape index (κ2) is 8.36. The first-order chi connectivity index (χ1) is 12.2. The predicted octanol–water partition coefficient (Wildman–Crippen LogP) is 3.34. The predicted molar refractivity (Wildman–Crippen MR) is 106 cm³/mol. The zero-order valence-corrected chi connectivity index (χ0v) is 16.5. The zero-order chi connectivity index (χ0) is 19.3. The number of nitrogens with zero attached hydrogens (tertiary/aromatic N) is 1.